The first-order valence-electron chi connectivity index (χ1n) is 14.1. The van der Waals surface area contributed by atoms with Crippen molar-refractivity contribution in [3.8, 4) is 0 Å². The van der Waals surface area contributed by atoms with Gasteiger partial charge in [-0.05, 0) is 81.0 Å². The summed E-state index contributed by atoms with van der Waals surface area (Å²) in [5.74, 6) is -0.793. The number of anilines is 1. The van der Waals surface area contributed by atoms with E-state index < -0.39 is 12.0 Å². The normalized spacial score (nSPS) is 21.7. The number of ether oxygens (including phenoxy) is 2. The summed E-state index contributed by atoms with van der Waals surface area (Å²) in [6, 6.07) is 10.8. The molecule has 2 heterocycles. The molecule has 204 valence electrons. The summed E-state index contributed by atoms with van der Waals surface area (Å²) in [6.45, 7) is 2.93. The number of hydrogen-bond donors (Lipinski definition) is 2. The number of nitrogens with one attached hydrogen (secondary N) is 1. The van der Waals surface area contributed by atoms with Crippen LogP contribution in [0.15, 0.2) is 36.4 Å². The lowest BCUT2D eigenvalue weighted by Gasteiger charge is -2.35. The third kappa shape index (κ3) is 6.72. The molecule has 3 aliphatic rings. The summed E-state index contributed by atoms with van der Waals surface area (Å²) < 4.78 is 11.4. The molecule has 8 heteroatoms. The van der Waals surface area contributed by atoms with Crippen molar-refractivity contribution in [2.24, 2.45) is 5.92 Å². The molecule has 5 rings (SSSR count). The fraction of sp³-hybridized carbons (Fsp3) is 0.567. The molecule has 0 spiro atoms. The maximum Gasteiger partial charge on any atom is 0.326 e. The largest absolute Gasteiger partial charge is 0.480 e. The number of aliphatic carboxylic acids is 1. The SMILES string of the molecule is O=C(NC(CCOC1CC(CCc2ccc3c(n2)CCCC3)C1)C(=O)O)c1ccccc1N1CCOCC1. The molecule has 1 unspecified atom stereocenters. The maximum atomic E-state index is 13.0. The zero-order valence-electron chi connectivity index (χ0n) is 22.1. The summed E-state index contributed by atoms with van der Waals surface area (Å²) in [6.07, 6.45) is 9.33. The van der Waals surface area contributed by atoms with Crippen LogP contribution in [0.2, 0.25) is 0 Å². The van der Waals surface area contributed by atoms with Crippen LogP contribution in [0.4, 0.5) is 5.69 Å². The number of nitrogens with zero attached hydrogens (tertiary/aromatic N) is 2. The molecule has 2 aromatic rings. The van der Waals surface area contributed by atoms with Gasteiger partial charge >= 0.3 is 5.97 Å². The van der Waals surface area contributed by atoms with Crippen LogP contribution in [0, 0.1) is 5.92 Å². The molecular formula is C30H39N3O5. The van der Waals surface area contributed by atoms with E-state index in [0.717, 1.165) is 37.8 Å². The van der Waals surface area contributed by atoms with E-state index in [9.17, 15) is 14.7 Å². The van der Waals surface area contributed by atoms with Crippen molar-refractivity contribution in [1.82, 2.24) is 10.3 Å². The second kappa shape index (κ2) is 12.7. The van der Waals surface area contributed by atoms with Crippen molar-refractivity contribution in [3.63, 3.8) is 0 Å². The van der Waals surface area contributed by atoms with E-state index in [4.69, 9.17) is 14.5 Å². The van der Waals surface area contributed by atoms with Gasteiger partial charge in [0.15, 0.2) is 0 Å². The van der Waals surface area contributed by atoms with Crippen LogP contribution >= 0.6 is 0 Å². The number of carbonyl (C=O) groups is 2. The number of pyridine rings is 1. The van der Waals surface area contributed by atoms with Crippen molar-refractivity contribution in [3.05, 3.63) is 58.9 Å². The van der Waals surface area contributed by atoms with E-state index in [1.54, 1.807) is 12.1 Å². The third-order valence-corrected chi connectivity index (χ3v) is 8.10. The lowest BCUT2D eigenvalue weighted by molar-refractivity contribution is -0.140. The zero-order valence-corrected chi connectivity index (χ0v) is 22.1. The smallest absolute Gasteiger partial charge is 0.326 e. The monoisotopic (exact) mass is 521 g/mol. The second-order valence-corrected chi connectivity index (χ2v) is 10.8. The van der Waals surface area contributed by atoms with Crippen LogP contribution in [0.1, 0.15) is 65.8 Å². The number of benzene rings is 1. The Bertz CT molecular complexity index is 1110. The Labute approximate surface area is 224 Å². The Morgan fingerprint density at radius 2 is 1.89 bits per heavy atom. The lowest BCUT2D eigenvalue weighted by Crippen LogP contribution is -2.43. The van der Waals surface area contributed by atoms with Gasteiger partial charge in [0.1, 0.15) is 6.04 Å². The summed E-state index contributed by atoms with van der Waals surface area (Å²) in [5, 5.41) is 12.4. The van der Waals surface area contributed by atoms with Crippen LogP contribution in [-0.2, 0) is 33.5 Å². The van der Waals surface area contributed by atoms with Gasteiger partial charge in [0.25, 0.3) is 5.91 Å². The number of rotatable bonds is 11. The molecule has 2 aliphatic carbocycles. The standard InChI is InChI=1S/C30H39N3O5/c34-29(25-6-2-4-8-28(25)33-14-17-37-18-15-33)32-27(30(35)36)13-16-38-24-19-21(20-24)9-11-23-12-10-22-5-1-3-7-26(22)31-23/h2,4,6,8,10,12,21,24,27H,1,3,5,7,9,11,13-20H2,(H,32,34)(H,35,36). The Hall–Kier alpha value is -2.97. The summed E-state index contributed by atoms with van der Waals surface area (Å²) in [5.41, 5.74) is 5.21. The first-order chi connectivity index (χ1) is 18.6. The van der Waals surface area contributed by atoms with Gasteiger partial charge in [-0.2, -0.15) is 0 Å². The lowest BCUT2D eigenvalue weighted by atomic mass is 9.79. The predicted molar refractivity (Wildman–Crippen MR) is 145 cm³/mol. The topological polar surface area (TPSA) is 101 Å². The molecule has 1 saturated heterocycles. The number of aryl methyl sites for hydroxylation is 3. The average molecular weight is 522 g/mol. The summed E-state index contributed by atoms with van der Waals surface area (Å²) in [4.78, 5) is 31.9. The highest BCUT2D eigenvalue weighted by Crippen LogP contribution is 2.34. The van der Waals surface area contributed by atoms with E-state index in [-0.39, 0.29) is 18.4 Å². The van der Waals surface area contributed by atoms with E-state index in [2.05, 4.69) is 22.3 Å². The fourth-order valence-corrected chi connectivity index (χ4v) is 5.76. The van der Waals surface area contributed by atoms with Gasteiger partial charge < -0.3 is 24.8 Å². The number of carboxylic acid groups (broad SMARTS) is 1. The Balaban J connectivity index is 1.04. The molecule has 1 amide bonds. The van der Waals surface area contributed by atoms with Crippen LogP contribution < -0.4 is 10.2 Å². The number of hydrogen-bond acceptors (Lipinski definition) is 6. The predicted octanol–water partition coefficient (Wildman–Crippen LogP) is 3.80. The number of carboxylic acids is 1. The van der Waals surface area contributed by atoms with Gasteiger partial charge in [0, 0.05) is 43.2 Å². The molecule has 1 aromatic carbocycles. The molecule has 2 N–H and O–H groups in total. The highest BCUT2D eigenvalue weighted by Gasteiger charge is 2.30. The van der Waals surface area contributed by atoms with Gasteiger partial charge in [0.2, 0.25) is 0 Å². The Morgan fingerprint density at radius 3 is 2.71 bits per heavy atom. The summed E-state index contributed by atoms with van der Waals surface area (Å²) >= 11 is 0. The van der Waals surface area contributed by atoms with Crippen LogP contribution in [0.5, 0.6) is 0 Å². The van der Waals surface area contributed by atoms with E-state index in [1.165, 1.54) is 36.2 Å². The van der Waals surface area contributed by atoms with Crippen molar-refractivity contribution in [1.29, 1.82) is 0 Å². The van der Waals surface area contributed by atoms with Gasteiger partial charge in [-0.3, -0.25) is 9.78 Å². The fourth-order valence-electron chi connectivity index (χ4n) is 5.76. The van der Waals surface area contributed by atoms with Crippen LogP contribution in [0.3, 0.4) is 0 Å². The number of carbonyl (C=O) groups excluding carboxylic acids is 1. The number of para-hydroxylation sites is 1. The molecule has 8 nitrogen and oxygen atoms in total. The second-order valence-electron chi connectivity index (χ2n) is 10.8. The molecule has 2 fully saturated rings. The minimum Gasteiger partial charge on any atom is -0.480 e. The van der Waals surface area contributed by atoms with E-state index in [1.807, 2.05) is 12.1 Å². The Kier molecular flexibility index (Phi) is 8.91. The van der Waals surface area contributed by atoms with Crippen molar-refractivity contribution < 1.29 is 24.2 Å². The van der Waals surface area contributed by atoms with Gasteiger partial charge in [-0.25, -0.2) is 4.79 Å². The van der Waals surface area contributed by atoms with Gasteiger partial charge in [-0.1, -0.05) is 18.2 Å². The average Bonchev–Trinajstić information content (AvgIpc) is 2.93. The van der Waals surface area contributed by atoms with Gasteiger partial charge in [0.05, 0.1) is 24.9 Å². The molecule has 0 bridgehead atoms. The van der Waals surface area contributed by atoms with E-state index >= 15 is 0 Å². The number of fused-ring (bicyclic) bond motifs is 1. The molecular weight excluding hydrogens is 482 g/mol. The molecule has 1 saturated carbocycles. The summed E-state index contributed by atoms with van der Waals surface area (Å²) in [7, 11) is 0. The molecule has 1 aromatic heterocycles. The Morgan fingerprint density at radius 1 is 1.11 bits per heavy atom. The first-order valence-corrected chi connectivity index (χ1v) is 14.1. The number of morpholine rings is 1. The van der Waals surface area contributed by atoms with Crippen molar-refractivity contribution >= 4 is 17.6 Å². The third-order valence-electron chi connectivity index (χ3n) is 8.10. The number of amides is 1. The molecule has 38 heavy (non-hydrogen) atoms. The van der Waals surface area contributed by atoms with Crippen LogP contribution in [0.25, 0.3) is 0 Å². The zero-order chi connectivity index (χ0) is 26.3. The van der Waals surface area contributed by atoms with Crippen molar-refractivity contribution in [2.45, 2.75) is 69.9 Å². The molecule has 1 aliphatic heterocycles. The first kappa shape index (κ1) is 26.6. The molecule has 1 atom stereocenters. The van der Waals surface area contributed by atoms with Crippen molar-refractivity contribution in [2.75, 3.05) is 37.8 Å². The number of aromatic nitrogens is 1. The highest BCUT2D eigenvalue weighted by molar-refractivity contribution is 6.01. The minimum atomic E-state index is -1.05. The quantitative estimate of drug-likeness (QED) is 0.464. The highest BCUT2D eigenvalue weighted by atomic mass is 16.5. The van der Waals surface area contributed by atoms with E-state index in [0.29, 0.717) is 44.4 Å². The molecule has 0 radical (unpaired) electrons. The van der Waals surface area contributed by atoms with Crippen LogP contribution in [-0.4, -0.2) is 67.0 Å². The maximum absolute atomic E-state index is 13.0. The minimum absolute atomic E-state index is 0.170. The van der Waals surface area contributed by atoms with Gasteiger partial charge in [-0.15, -0.1) is 0 Å².